The molecule has 2 rings (SSSR count). The number of aliphatic hydroxyl groups excluding tert-OH is 1. The van der Waals surface area contributed by atoms with E-state index >= 15 is 0 Å². The zero-order chi connectivity index (χ0) is 10.7. The summed E-state index contributed by atoms with van der Waals surface area (Å²) >= 11 is 1.74. The highest BCUT2D eigenvalue weighted by atomic mass is 32.2. The van der Waals surface area contributed by atoms with E-state index in [0.29, 0.717) is 17.1 Å². The molecule has 0 amide bonds. The van der Waals surface area contributed by atoms with Crippen LogP contribution in [0, 0.1) is 0 Å². The van der Waals surface area contributed by atoms with Crippen molar-refractivity contribution in [2.75, 3.05) is 6.61 Å². The Balaban J connectivity index is 1.77. The molecule has 15 heavy (non-hydrogen) atoms. The maximum atomic E-state index is 8.75. The van der Waals surface area contributed by atoms with Gasteiger partial charge in [0, 0.05) is 17.8 Å². The van der Waals surface area contributed by atoms with Gasteiger partial charge in [-0.25, -0.2) is 0 Å². The summed E-state index contributed by atoms with van der Waals surface area (Å²) in [5.41, 5.74) is 0. The van der Waals surface area contributed by atoms with E-state index in [9.17, 15) is 0 Å². The van der Waals surface area contributed by atoms with Crippen molar-refractivity contribution in [1.82, 2.24) is 10.1 Å². The summed E-state index contributed by atoms with van der Waals surface area (Å²) in [4.78, 5) is 4.34. The van der Waals surface area contributed by atoms with E-state index in [1.54, 1.807) is 11.8 Å². The smallest absolute Gasteiger partial charge is 0.236 e. The van der Waals surface area contributed by atoms with Crippen LogP contribution in [0.2, 0.25) is 0 Å². The largest absolute Gasteiger partial charge is 0.396 e. The van der Waals surface area contributed by atoms with Crippen molar-refractivity contribution in [2.24, 2.45) is 0 Å². The summed E-state index contributed by atoms with van der Waals surface area (Å²) in [6, 6.07) is 0. The minimum absolute atomic E-state index is 0.241. The molecule has 0 bridgehead atoms. The maximum Gasteiger partial charge on any atom is 0.236 e. The molecule has 0 radical (unpaired) electrons. The molecule has 1 saturated carbocycles. The first-order chi connectivity index (χ1) is 7.29. The van der Waals surface area contributed by atoms with Gasteiger partial charge >= 0.3 is 0 Å². The summed E-state index contributed by atoms with van der Waals surface area (Å²) in [5, 5.41) is 13.1. The Kier molecular flexibility index (Phi) is 3.64. The Morgan fingerprint density at radius 2 is 2.40 bits per heavy atom. The molecular weight excluding hydrogens is 212 g/mol. The number of thioether (sulfide) groups is 1. The summed E-state index contributed by atoms with van der Waals surface area (Å²) in [6.07, 6.45) is 3.22. The van der Waals surface area contributed by atoms with E-state index in [-0.39, 0.29) is 6.61 Å². The minimum Gasteiger partial charge on any atom is -0.396 e. The first-order valence-electron chi connectivity index (χ1n) is 5.34. The molecule has 1 aromatic heterocycles. The van der Waals surface area contributed by atoms with Gasteiger partial charge in [0.2, 0.25) is 5.89 Å². The lowest BCUT2D eigenvalue weighted by molar-refractivity contribution is 0.289. The van der Waals surface area contributed by atoms with Gasteiger partial charge in [0.05, 0.1) is 5.75 Å². The fourth-order valence-corrected chi connectivity index (χ4v) is 2.13. The molecule has 0 aliphatic heterocycles. The molecule has 1 fully saturated rings. The van der Waals surface area contributed by atoms with E-state index in [1.165, 1.54) is 12.8 Å². The van der Waals surface area contributed by atoms with Crippen molar-refractivity contribution in [3.63, 3.8) is 0 Å². The molecule has 1 atom stereocenters. The molecule has 0 aromatic carbocycles. The normalized spacial score (nSPS) is 18.0. The predicted octanol–water partition coefficient (Wildman–Crippen LogP) is 1.95. The third-order valence-corrected chi connectivity index (χ3v) is 3.67. The lowest BCUT2D eigenvalue weighted by Gasteiger charge is -2.05. The second-order valence-corrected chi connectivity index (χ2v) is 5.38. The van der Waals surface area contributed by atoms with E-state index in [1.807, 2.05) is 0 Å². The number of aromatic nitrogens is 2. The fraction of sp³-hybridized carbons (Fsp3) is 0.800. The molecule has 1 aliphatic rings. The Labute approximate surface area is 93.4 Å². The molecule has 5 heteroatoms. The van der Waals surface area contributed by atoms with Gasteiger partial charge in [0.15, 0.2) is 5.82 Å². The topological polar surface area (TPSA) is 59.2 Å². The number of nitrogens with zero attached hydrogens (tertiary/aromatic N) is 2. The third kappa shape index (κ3) is 3.21. The van der Waals surface area contributed by atoms with Gasteiger partial charge in [0.1, 0.15) is 0 Å². The highest BCUT2D eigenvalue weighted by molar-refractivity contribution is 7.99. The second-order valence-electron chi connectivity index (χ2n) is 3.95. The minimum atomic E-state index is 0.241. The first-order valence-corrected chi connectivity index (χ1v) is 6.39. The van der Waals surface area contributed by atoms with Crippen LogP contribution in [-0.2, 0) is 5.75 Å². The predicted molar refractivity (Wildman–Crippen MR) is 58.7 cm³/mol. The lowest BCUT2D eigenvalue weighted by atomic mass is 10.3. The monoisotopic (exact) mass is 228 g/mol. The molecule has 1 N–H and O–H groups in total. The van der Waals surface area contributed by atoms with Crippen molar-refractivity contribution >= 4 is 11.8 Å². The second kappa shape index (κ2) is 4.99. The molecule has 84 valence electrons. The van der Waals surface area contributed by atoms with E-state index in [2.05, 4.69) is 17.1 Å². The zero-order valence-electron chi connectivity index (χ0n) is 8.85. The van der Waals surface area contributed by atoms with Gasteiger partial charge in [-0.15, -0.1) is 11.8 Å². The van der Waals surface area contributed by atoms with Crippen LogP contribution in [0.15, 0.2) is 4.52 Å². The van der Waals surface area contributed by atoms with Crippen molar-refractivity contribution in [3.8, 4) is 0 Å². The Morgan fingerprint density at radius 3 is 3.07 bits per heavy atom. The third-order valence-electron chi connectivity index (χ3n) is 2.45. The SMILES string of the molecule is CC(CCO)SCc1nc(C2CC2)no1. The number of aliphatic hydroxyl groups is 1. The lowest BCUT2D eigenvalue weighted by Crippen LogP contribution is -2.00. The average molecular weight is 228 g/mol. The van der Waals surface area contributed by atoms with E-state index in [4.69, 9.17) is 9.63 Å². The quantitative estimate of drug-likeness (QED) is 0.806. The zero-order valence-corrected chi connectivity index (χ0v) is 9.66. The van der Waals surface area contributed by atoms with Crippen LogP contribution in [0.1, 0.15) is 43.8 Å². The van der Waals surface area contributed by atoms with Crippen LogP contribution < -0.4 is 0 Å². The molecule has 0 spiro atoms. The molecule has 1 heterocycles. The van der Waals surface area contributed by atoms with Gasteiger partial charge in [-0.2, -0.15) is 4.98 Å². The number of rotatable bonds is 6. The van der Waals surface area contributed by atoms with Crippen LogP contribution in [-0.4, -0.2) is 27.1 Å². The number of hydrogen-bond donors (Lipinski definition) is 1. The summed E-state index contributed by atoms with van der Waals surface area (Å²) in [5.74, 6) is 2.90. The van der Waals surface area contributed by atoms with Crippen molar-refractivity contribution < 1.29 is 9.63 Å². The Bertz CT molecular complexity index is 312. The van der Waals surface area contributed by atoms with Crippen molar-refractivity contribution in [1.29, 1.82) is 0 Å². The molecule has 4 nitrogen and oxygen atoms in total. The Hall–Kier alpha value is -0.550. The Morgan fingerprint density at radius 1 is 1.60 bits per heavy atom. The maximum absolute atomic E-state index is 8.75. The van der Waals surface area contributed by atoms with Gasteiger partial charge in [-0.3, -0.25) is 0 Å². The van der Waals surface area contributed by atoms with Crippen molar-refractivity contribution in [2.45, 2.75) is 43.1 Å². The molecule has 1 unspecified atom stereocenters. The van der Waals surface area contributed by atoms with Crippen LogP contribution in [0.25, 0.3) is 0 Å². The van der Waals surface area contributed by atoms with Crippen LogP contribution in [0.4, 0.5) is 0 Å². The highest BCUT2D eigenvalue weighted by Gasteiger charge is 2.28. The molecule has 0 saturated heterocycles. The molecule has 1 aliphatic carbocycles. The summed E-state index contributed by atoms with van der Waals surface area (Å²) in [7, 11) is 0. The van der Waals surface area contributed by atoms with Crippen LogP contribution >= 0.6 is 11.8 Å². The van der Waals surface area contributed by atoms with Crippen LogP contribution in [0.5, 0.6) is 0 Å². The average Bonchev–Trinajstić information content (AvgIpc) is 2.96. The highest BCUT2D eigenvalue weighted by Crippen LogP contribution is 2.38. The van der Waals surface area contributed by atoms with Crippen molar-refractivity contribution in [3.05, 3.63) is 11.7 Å². The molecule has 1 aromatic rings. The van der Waals surface area contributed by atoms with Gasteiger partial charge in [0.25, 0.3) is 0 Å². The van der Waals surface area contributed by atoms with Gasteiger partial charge in [-0.05, 0) is 19.3 Å². The van der Waals surface area contributed by atoms with Gasteiger partial charge < -0.3 is 9.63 Å². The van der Waals surface area contributed by atoms with Gasteiger partial charge in [-0.1, -0.05) is 12.1 Å². The summed E-state index contributed by atoms with van der Waals surface area (Å²) < 4.78 is 5.15. The fourth-order valence-electron chi connectivity index (χ4n) is 1.31. The molecular formula is C10H16N2O2S. The van der Waals surface area contributed by atoms with Crippen LogP contribution in [0.3, 0.4) is 0 Å². The summed E-state index contributed by atoms with van der Waals surface area (Å²) in [6.45, 7) is 2.34. The standard InChI is InChI=1S/C10H16N2O2S/c1-7(4-5-13)15-6-9-11-10(12-14-9)8-2-3-8/h7-8,13H,2-6H2,1H3. The van der Waals surface area contributed by atoms with E-state index < -0.39 is 0 Å². The van der Waals surface area contributed by atoms with E-state index in [0.717, 1.165) is 18.0 Å². The number of hydrogen-bond acceptors (Lipinski definition) is 5. The first kappa shape index (κ1) is 11.0.